The molecule has 28 heavy (non-hydrogen) atoms. The van der Waals surface area contributed by atoms with E-state index in [1.54, 1.807) is 0 Å². The molecule has 0 radical (unpaired) electrons. The van der Waals surface area contributed by atoms with Gasteiger partial charge in [-0.15, -0.1) is 0 Å². The maximum Gasteiger partial charge on any atom is 0.416 e. The van der Waals surface area contributed by atoms with E-state index in [4.69, 9.17) is 0 Å². The zero-order chi connectivity index (χ0) is 20.1. The second-order valence-corrected chi connectivity index (χ2v) is 6.09. The third-order valence-corrected chi connectivity index (χ3v) is 4.02. The predicted molar refractivity (Wildman–Crippen MR) is 99.9 cm³/mol. The SMILES string of the molecule is CC(Nc1cnc(C(=O)Nc2ccc(C(F)(F)F)cc2)cn1)c1ccccc1. The van der Waals surface area contributed by atoms with Gasteiger partial charge in [-0.25, -0.2) is 9.97 Å². The molecule has 2 N–H and O–H groups in total. The molecule has 1 heterocycles. The normalized spacial score (nSPS) is 12.3. The molecule has 0 saturated carbocycles. The molecule has 3 aromatic rings. The highest BCUT2D eigenvalue weighted by Gasteiger charge is 2.30. The molecule has 1 aromatic heterocycles. The Kier molecular flexibility index (Phi) is 5.58. The van der Waals surface area contributed by atoms with Gasteiger partial charge in [-0.05, 0) is 36.8 Å². The van der Waals surface area contributed by atoms with Crippen LogP contribution in [0.1, 0.15) is 34.6 Å². The van der Waals surface area contributed by atoms with Gasteiger partial charge in [-0.1, -0.05) is 30.3 Å². The molecule has 3 rings (SSSR count). The fourth-order valence-electron chi connectivity index (χ4n) is 2.50. The number of alkyl halides is 3. The third kappa shape index (κ3) is 4.85. The van der Waals surface area contributed by atoms with Gasteiger partial charge < -0.3 is 10.6 Å². The molecule has 0 aliphatic heterocycles. The lowest BCUT2D eigenvalue weighted by Crippen LogP contribution is -2.15. The van der Waals surface area contributed by atoms with Crippen molar-refractivity contribution in [3.05, 3.63) is 83.8 Å². The first-order chi connectivity index (χ1) is 13.3. The van der Waals surface area contributed by atoms with Crippen molar-refractivity contribution in [1.29, 1.82) is 0 Å². The van der Waals surface area contributed by atoms with E-state index in [9.17, 15) is 18.0 Å². The van der Waals surface area contributed by atoms with E-state index in [1.165, 1.54) is 24.5 Å². The average molecular weight is 386 g/mol. The Balaban J connectivity index is 1.62. The molecule has 0 bridgehead atoms. The summed E-state index contributed by atoms with van der Waals surface area (Å²) < 4.78 is 37.7. The van der Waals surface area contributed by atoms with Gasteiger partial charge in [-0.3, -0.25) is 4.79 Å². The van der Waals surface area contributed by atoms with Gasteiger partial charge in [0.25, 0.3) is 5.91 Å². The summed E-state index contributed by atoms with van der Waals surface area (Å²) in [5.41, 5.74) is 0.583. The molecule has 8 heteroatoms. The summed E-state index contributed by atoms with van der Waals surface area (Å²) in [6.45, 7) is 1.97. The van der Waals surface area contributed by atoms with Gasteiger partial charge in [0.1, 0.15) is 11.5 Å². The zero-order valence-corrected chi connectivity index (χ0v) is 14.9. The van der Waals surface area contributed by atoms with Crippen LogP contribution in [0.25, 0.3) is 0 Å². The van der Waals surface area contributed by atoms with Gasteiger partial charge in [0.15, 0.2) is 0 Å². The van der Waals surface area contributed by atoms with E-state index in [0.717, 1.165) is 17.7 Å². The first kappa shape index (κ1) is 19.3. The minimum Gasteiger partial charge on any atom is -0.362 e. The minimum absolute atomic E-state index is 0.00215. The number of carbonyl (C=O) groups excluding carboxylic acids is 1. The van der Waals surface area contributed by atoms with Crippen LogP contribution in [0.2, 0.25) is 0 Å². The van der Waals surface area contributed by atoms with Gasteiger partial charge in [0.2, 0.25) is 0 Å². The topological polar surface area (TPSA) is 66.9 Å². The Hall–Kier alpha value is -3.42. The zero-order valence-electron chi connectivity index (χ0n) is 14.9. The molecule has 0 fully saturated rings. The summed E-state index contributed by atoms with van der Waals surface area (Å²) >= 11 is 0. The van der Waals surface area contributed by atoms with Crippen molar-refractivity contribution < 1.29 is 18.0 Å². The number of halogens is 3. The maximum absolute atomic E-state index is 12.6. The number of nitrogens with one attached hydrogen (secondary N) is 2. The van der Waals surface area contributed by atoms with Crippen LogP contribution < -0.4 is 10.6 Å². The molecule has 1 amide bonds. The van der Waals surface area contributed by atoms with Crippen LogP contribution >= 0.6 is 0 Å². The summed E-state index contributed by atoms with van der Waals surface area (Å²) in [5, 5.41) is 5.68. The molecule has 1 atom stereocenters. The number of anilines is 2. The molecule has 0 aliphatic rings. The fraction of sp³-hybridized carbons (Fsp3) is 0.150. The van der Waals surface area contributed by atoms with Gasteiger partial charge in [-0.2, -0.15) is 13.2 Å². The van der Waals surface area contributed by atoms with Crippen LogP contribution in [0.3, 0.4) is 0 Å². The monoisotopic (exact) mass is 386 g/mol. The smallest absolute Gasteiger partial charge is 0.362 e. The quantitative estimate of drug-likeness (QED) is 0.653. The summed E-state index contributed by atoms with van der Waals surface area (Å²) in [4.78, 5) is 20.4. The van der Waals surface area contributed by atoms with Crippen molar-refractivity contribution >= 4 is 17.4 Å². The van der Waals surface area contributed by atoms with Crippen LogP contribution in [0.4, 0.5) is 24.7 Å². The Morgan fingerprint density at radius 3 is 2.21 bits per heavy atom. The van der Waals surface area contributed by atoms with Crippen LogP contribution in [0, 0.1) is 0 Å². The largest absolute Gasteiger partial charge is 0.416 e. The standard InChI is InChI=1S/C20H17F3N4O/c1-13(14-5-3-2-4-6-14)26-18-12-24-17(11-25-18)19(28)27-16-9-7-15(8-10-16)20(21,22)23/h2-13H,1H3,(H,25,26)(H,27,28). The van der Waals surface area contributed by atoms with E-state index >= 15 is 0 Å². The molecular weight excluding hydrogens is 369 g/mol. The van der Waals surface area contributed by atoms with Crippen LogP contribution in [0.5, 0.6) is 0 Å². The van der Waals surface area contributed by atoms with Crippen molar-refractivity contribution in [3.63, 3.8) is 0 Å². The first-order valence-corrected chi connectivity index (χ1v) is 8.45. The lowest BCUT2D eigenvalue weighted by atomic mass is 10.1. The van der Waals surface area contributed by atoms with Gasteiger partial charge in [0, 0.05) is 11.7 Å². The molecule has 144 valence electrons. The number of amides is 1. The Morgan fingerprint density at radius 2 is 1.64 bits per heavy atom. The molecule has 0 spiro atoms. The number of hydrogen-bond acceptors (Lipinski definition) is 4. The predicted octanol–water partition coefficient (Wildman–Crippen LogP) is 4.92. The fourth-order valence-corrected chi connectivity index (χ4v) is 2.50. The van der Waals surface area contributed by atoms with Crippen molar-refractivity contribution in [2.75, 3.05) is 10.6 Å². The molecule has 1 unspecified atom stereocenters. The second kappa shape index (κ2) is 8.08. The number of rotatable bonds is 5. The van der Waals surface area contributed by atoms with E-state index in [-0.39, 0.29) is 17.4 Å². The Morgan fingerprint density at radius 1 is 0.964 bits per heavy atom. The van der Waals surface area contributed by atoms with E-state index in [2.05, 4.69) is 20.6 Å². The van der Waals surface area contributed by atoms with Crippen LogP contribution in [-0.4, -0.2) is 15.9 Å². The van der Waals surface area contributed by atoms with Crippen molar-refractivity contribution in [2.24, 2.45) is 0 Å². The van der Waals surface area contributed by atoms with E-state index < -0.39 is 17.6 Å². The summed E-state index contributed by atoms with van der Waals surface area (Å²) in [5.74, 6) is -0.0580. The average Bonchev–Trinajstić information content (AvgIpc) is 2.69. The lowest BCUT2D eigenvalue weighted by molar-refractivity contribution is -0.137. The highest BCUT2D eigenvalue weighted by molar-refractivity contribution is 6.02. The van der Waals surface area contributed by atoms with Gasteiger partial charge >= 0.3 is 6.18 Å². The Labute approximate surface area is 159 Å². The highest BCUT2D eigenvalue weighted by Crippen LogP contribution is 2.29. The van der Waals surface area contributed by atoms with Crippen LogP contribution in [-0.2, 0) is 6.18 Å². The van der Waals surface area contributed by atoms with Crippen LogP contribution in [0.15, 0.2) is 67.0 Å². The number of nitrogens with zero attached hydrogens (tertiary/aromatic N) is 2. The molecular formula is C20H17F3N4O. The summed E-state index contributed by atoms with van der Waals surface area (Å²) in [6, 6.07) is 14.0. The van der Waals surface area contributed by atoms with Crippen molar-refractivity contribution in [3.8, 4) is 0 Å². The summed E-state index contributed by atoms with van der Waals surface area (Å²) in [6.07, 6.45) is -1.69. The molecule has 0 saturated heterocycles. The van der Waals surface area contributed by atoms with Crippen molar-refractivity contribution in [1.82, 2.24) is 9.97 Å². The number of aromatic nitrogens is 2. The Bertz CT molecular complexity index is 926. The molecule has 0 aliphatic carbocycles. The first-order valence-electron chi connectivity index (χ1n) is 8.45. The molecule has 2 aromatic carbocycles. The summed E-state index contributed by atoms with van der Waals surface area (Å²) in [7, 11) is 0. The lowest BCUT2D eigenvalue weighted by Gasteiger charge is -2.14. The second-order valence-electron chi connectivity index (χ2n) is 6.09. The van der Waals surface area contributed by atoms with Gasteiger partial charge in [0.05, 0.1) is 18.0 Å². The molecule has 5 nitrogen and oxygen atoms in total. The van der Waals surface area contributed by atoms with E-state index in [1.807, 2.05) is 37.3 Å². The number of carbonyl (C=O) groups is 1. The number of hydrogen-bond donors (Lipinski definition) is 2. The highest BCUT2D eigenvalue weighted by atomic mass is 19.4. The number of benzene rings is 2. The van der Waals surface area contributed by atoms with E-state index in [0.29, 0.717) is 5.82 Å². The minimum atomic E-state index is -4.42. The maximum atomic E-state index is 12.6. The third-order valence-electron chi connectivity index (χ3n) is 4.02. The van der Waals surface area contributed by atoms with Crippen molar-refractivity contribution in [2.45, 2.75) is 19.1 Å².